The van der Waals surface area contributed by atoms with E-state index in [9.17, 15) is 14.4 Å². The Morgan fingerprint density at radius 1 is 0.892 bits per heavy atom. The summed E-state index contributed by atoms with van der Waals surface area (Å²) in [7, 11) is 0. The summed E-state index contributed by atoms with van der Waals surface area (Å²) in [5, 5.41) is 17.0. The number of nitrogens with one attached hydrogen (secondary N) is 2. The third kappa shape index (κ3) is 7.17. The van der Waals surface area contributed by atoms with E-state index in [1.165, 1.54) is 23.1 Å². The lowest BCUT2D eigenvalue weighted by Gasteiger charge is -2.23. The molecular weight excluding hydrogens is 490 g/mol. The van der Waals surface area contributed by atoms with Gasteiger partial charge in [-0.1, -0.05) is 71.2 Å². The first kappa shape index (κ1) is 25.4. The van der Waals surface area contributed by atoms with Gasteiger partial charge in [0, 0.05) is 35.7 Å². The van der Waals surface area contributed by atoms with Gasteiger partial charge in [0.2, 0.25) is 0 Å². The molecule has 0 fully saturated rings. The fraction of sp³-hybridized carbons (Fsp3) is 0.0741. The average Bonchev–Trinajstić information content (AvgIpc) is 3.48. The minimum Gasteiger partial charge on any atom is -0.316 e. The summed E-state index contributed by atoms with van der Waals surface area (Å²) in [5.74, 6) is -1.11. The minimum absolute atomic E-state index is 0.243. The standard InChI is InChI=1S/C27H23N5O4S/c33-25(30-36)15-12-19-6-8-20(9-7-19)16-32(27(35)28-26(34)23-4-2-1-3-5-23)17-21-10-13-22(14-11-21)24-18-37-31-29-24/h1-15,18,36H,16-17H2,(H,30,33)(H,28,34,35)/b15-12+. The second-order valence-corrected chi connectivity index (χ2v) is 8.63. The third-order valence-corrected chi connectivity index (χ3v) is 5.92. The highest BCUT2D eigenvalue weighted by Gasteiger charge is 2.18. The first-order chi connectivity index (χ1) is 18.0. The lowest BCUT2D eigenvalue weighted by Crippen LogP contribution is -2.42. The number of urea groups is 1. The molecule has 0 bridgehead atoms. The summed E-state index contributed by atoms with van der Waals surface area (Å²) in [6, 6.07) is 22.9. The topological polar surface area (TPSA) is 125 Å². The lowest BCUT2D eigenvalue weighted by atomic mass is 10.1. The number of imide groups is 1. The Balaban J connectivity index is 1.51. The molecule has 0 spiro atoms. The van der Waals surface area contributed by atoms with E-state index in [-0.39, 0.29) is 13.1 Å². The van der Waals surface area contributed by atoms with E-state index in [4.69, 9.17) is 5.21 Å². The van der Waals surface area contributed by atoms with Crippen molar-refractivity contribution in [3.8, 4) is 11.3 Å². The maximum Gasteiger partial charge on any atom is 0.324 e. The van der Waals surface area contributed by atoms with E-state index < -0.39 is 17.8 Å². The number of hydroxylamine groups is 1. The molecule has 10 heteroatoms. The molecule has 1 heterocycles. The molecule has 37 heavy (non-hydrogen) atoms. The molecule has 0 aliphatic rings. The Morgan fingerprint density at radius 2 is 1.54 bits per heavy atom. The number of nitrogens with zero attached hydrogens (tertiary/aromatic N) is 3. The van der Waals surface area contributed by atoms with Gasteiger partial charge in [-0.05, 0) is 46.4 Å². The zero-order valence-electron chi connectivity index (χ0n) is 19.6. The fourth-order valence-corrected chi connectivity index (χ4v) is 3.96. The van der Waals surface area contributed by atoms with Crippen LogP contribution in [0.15, 0.2) is 90.3 Å². The highest BCUT2D eigenvalue weighted by Crippen LogP contribution is 2.20. The SMILES string of the molecule is O=C(/C=C/c1ccc(CN(Cc2ccc(-c3csnn3)cc2)C(=O)NC(=O)c2ccccc2)cc1)NO. The van der Waals surface area contributed by atoms with Gasteiger partial charge in [0.15, 0.2) is 0 Å². The number of benzene rings is 3. The summed E-state index contributed by atoms with van der Waals surface area (Å²) >= 11 is 1.28. The van der Waals surface area contributed by atoms with Gasteiger partial charge in [0.25, 0.3) is 11.8 Å². The highest BCUT2D eigenvalue weighted by molar-refractivity contribution is 7.03. The Hall–Kier alpha value is -4.67. The van der Waals surface area contributed by atoms with Gasteiger partial charge in [-0.2, -0.15) is 0 Å². The van der Waals surface area contributed by atoms with Crippen LogP contribution in [-0.2, 0) is 17.9 Å². The second-order valence-electron chi connectivity index (χ2n) is 8.02. The average molecular weight is 514 g/mol. The van der Waals surface area contributed by atoms with E-state index >= 15 is 0 Å². The van der Waals surface area contributed by atoms with Crippen LogP contribution in [0.4, 0.5) is 4.79 Å². The minimum atomic E-state index is -0.632. The predicted molar refractivity (Wildman–Crippen MR) is 139 cm³/mol. The molecule has 0 aliphatic carbocycles. The molecular formula is C27H23N5O4S. The summed E-state index contributed by atoms with van der Waals surface area (Å²) in [4.78, 5) is 38.5. The van der Waals surface area contributed by atoms with E-state index in [1.807, 2.05) is 41.8 Å². The van der Waals surface area contributed by atoms with Crippen LogP contribution in [0.3, 0.4) is 0 Å². The van der Waals surface area contributed by atoms with Gasteiger partial charge < -0.3 is 4.90 Å². The zero-order chi connectivity index (χ0) is 26.0. The summed E-state index contributed by atoms with van der Waals surface area (Å²) in [5.41, 5.74) is 6.08. The maximum atomic E-state index is 13.2. The second kappa shape index (κ2) is 12.3. The Morgan fingerprint density at radius 3 is 2.14 bits per heavy atom. The number of amides is 4. The molecule has 4 amide bonds. The Labute approximate surface area is 217 Å². The molecule has 4 aromatic rings. The fourth-order valence-electron chi connectivity index (χ4n) is 3.49. The molecule has 3 N–H and O–H groups in total. The first-order valence-electron chi connectivity index (χ1n) is 11.2. The molecule has 0 atom stereocenters. The Bertz CT molecular complexity index is 1370. The van der Waals surface area contributed by atoms with Crippen molar-refractivity contribution in [2.75, 3.05) is 0 Å². The van der Waals surface area contributed by atoms with Crippen LogP contribution in [0, 0.1) is 0 Å². The summed E-state index contributed by atoms with van der Waals surface area (Å²) in [6.45, 7) is 0.509. The van der Waals surface area contributed by atoms with Gasteiger partial charge in [0.05, 0.1) is 0 Å². The van der Waals surface area contributed by atoms with Crippen molar-refractivity contribution < 1.29 is 19.6 Å². The van der Waals surface area contributed by atoms with Crippen LogP contribution in [0.5, 0.6) is 0 Å². The van der Waals surface area contributed by atoms with Crippen LogP contribution >= 0.6 is 11.5 Å². The van der Waals surface area contributed by atoms with Crippen LogP contribution in [0.1, 0.15) is 27.0 Å². The number of rotatable bonds is 8. The number of hydrogen-bond acceptors (Lipinski definition) is 7. The van der Waals surface area contributed by atoms with E-state index in [2.05, 4.69) is 14.9 Å². The summed E-state index contributed by atoms with van der Waals surface area (Å²) in [6.07, 6.45) is 2.76. The smallest absolute Gasteiger partial charge is 0.316 e. The molecule has 1 aromatic heterocycles. The number of aromatic nitrogens is 2. The van der Waals surface area contributed by atoms with Crippen LogP contribution in [0.25, 0.3) is 17.3 Å². The molecule has 9 nitrogen and oxygen atoms in total. The number of carbonyl (C=O) groups is 3. The maximum absolute atomic E-state index is 13.2. The molecule has 186 valence electrons. The van der Waals surface area contributed by atoms with E-state index in [0.29, 0.717) is 5.56 Å². The largest absolute Gasteiger partial charge is 0.324 e. The van der Waals surface area contributed by atoms with Gasteiger partial charge in [-0.3, -0.25) is 20.1 Å². The third-order valence-electron chi connectivity index (χ3n) is 5.42. The molecule has 0 unspecified atom stereocenters. The van der Waals surface area contributed by atoms with Crippen molar-refractivity contribution in [1.82, 2.24) is 25.3 Å². The van der Waals surface area contributed by atoms with Crippen LogP contribution < -0.4 is 10.8 Å². The van der Waals surface area contributed by atoms with Crippen molar-refractivity contribution in [3.63, 3.8) is 0 Å². The van der Waals surface area contributed by atoms with E-state index in [1.54, 1.807) is 53.4 Å². The summed E-state index contributed by atoms with van der Waals surface area (Å²) < 4.78 is 3.89. The molecule has 0 saturated heterocycles. The normalized spacial score (nSPS) is 10.7. The van der Waals surface area contributed by atoms with Crippen LogP contribution in [-0.4, -0.2) is 37.5 Å². The van der Waals surface area contributed by atoms with Crippen molar-refractivity contribution in [2.24, 2.45) is 0 Å². The number of hydrogen-bond donors (Lipinski definition) is 3. The van der Waals surface area contributed by atoms with Crippen molar-refractivity contribution in [3.05, 3.63) is 113 Å². The van der Waals surface area contributed by atoms with Crippen LogP contribution in [0.2, 0.25) is 0 Å². The van der Waals surface area contributed by atoms with Gasteiger partial charge in [-0.15, -0.1) is 5.10 Å². The molecule has 4 rings (SSSR count). The lowest BCUT2D eigenvalue weighted by molar-refractivity contribution is -0.124. The number of carbonyl (C=O) groups excluding carboxylic acids is 3. The quantitative estimate of drug-likeness (QED) is 0.184. The van der Waals surface area contributed by atoms with Gasteiger partial charge in [-0.25, -0.2) is 10.3 Å². The Kier molecular flexibility index (Phi) is 8.48. The molecule has 3 aromatic carbocycles. The van der Waals surface area contributed by atoms with Gasteiger partial charge in [0.1, 0.15) is 5.69 Å². The predicted octanol–water partition coefficient (Wildman–Crippen LogP) is 4.28. The van der Waals surface area contributed by atoms with E-state index in [0.717, 1.165) is 27.9 Å². The monoisotopic (exact) mass is 513 g/mol. The highest BCUT2D eigenvalue weighted by atomic mass is 32.1. The van der Waals surface area contributed by atoms with Gasteiger partial charge >= 0.3 is 6.03 Å². The van der Waals surface area contributed by atoms with Crippen molar-refractivity contribution in [2.45, 2.75) is 13.1 Å². The zero-order valence-corrected chi connectivity index (χ0v) is 20.4. The molecule has 0 saturated carbocycles. The molecule has 0 aliphatic heterocycles. The molecule has 0 radical (unpaired) electrons. The van der Waals surface area contributed by atoms with Crippen molar-refractivity contribution >= 4 is 35.5 Å². The van der Waals surface area contributed by atoms with Crippen molar-refractivity contribution in [1.29, 1.82) is 0 Å². The first-order valence-corrected chi connectivity index (χ1v) is 12.1.